The van der Waals surface area contributed by atoms with Crippen molar-refractivity contribution in [1.82, 2.24) is 9.80 Å². The summed E-state index contributed by atoms with van der Waals surface area (Å²) < 4.78 is 0. The van der Waals surface area contributed by atoms with E-state index in [0.717, 1.165) is 19.0 Å². The molecule has 32 heavy (non-hydrogen) atoms. The molecule has 0 amide bonds. The Hall–Kier alpha value is -0.120. The highest BCUT2D eigenvalue weighted by molar-refractivity contribution is 4.96. The second-order valence-electron chi connectivity index (χ2n) is 11.1. The molecule has 1 saturated heterocycles. The Kier molecular flexibility index (Phi) is 16.2. The van der Waals surface area contributed by atoms with Crippen LogP contribution in [0.25, 0.3) is 0 Å². The minimum atomic E-state index is 0.245. The van der Waals surface area contributed by atoms with E-state index in [1.54, 1.807) is 0 Å². The second kappa shape index (κ2) is 17.3. The molecule has 1 fully saturated rings. The summed E-state index contributed by atoms with van der Waals surface area (Å²) >= 11 is 0. The van der Waals surface area contributed by atoms with E-state index in [2.05, 4.69) is 51.3 Å². The molecule has 0 aliphatic carbocycles. The molecule has 1 aliphatic heterocycles. The Bertz CT molecular complexity index is 443. The lowest BCUT2D eigenvalue weighted by molar-refractivity contribution is -0.0547. The van der Waals surface area contributed by atoms with E-state index >= 15 is 0 Å². The summed E-state index contributed by atoms with van der Waals surface area (Å²) in [6, 6.07) is 0.986. The van der Waals surface area contributed by atoms with Gasteiger partial charge in [-0.05, 0) is 38.5 Å². The fourth-order valence-electron chi connectivity index (χ4n) is 6.11. The van der Waals surface area contributed by atoms with E-state index in [1.165, 1.54) is 103 Å². The summed E-state index contributed by atoms with van der Waals surface area (Å²) in [6.07, 6.45) is 19.8. The zero-order valence-electron chi connectivity index (χ0n) is 23.0. The largest absolute Gasteiger partial charge is 0.395 e. The molecule has 0 spiro atoms. The molecule has 192 valence electrons. The van der Waals surface area contributed by atoms with Gasteiger partial charge < -0.3 is 5.11 Å². The normalized spacial score (nSPS) is 22.0. The van der Waals surface area contributed by atoms with Gasteiger partial charge in [0.05, 0.1) is 6.61 Å². The molecule has 0 aromatic rings. The molecule has 0 saturated carbocycles. The van der Waals surface area contributed by atoms with Gasteiger partial charge in [0.25, 0.3) is 0 Å². The lowest BCUT2D eigenvalue weighted by Gasteiger charge is -2.52. The van der Waals surface area contributed by atoms with Crippen LogP contribution in [0.5, 0.6) is 0 Å². The summed E-state index contributed by atoms with van der Waals surface area (Å²) in [6.45, 7) is 17.9. The van der Waals surface area contributed by atoms with Crippen LogP contribution < -0.4 is 0 Å². The fourth-order valence-corrected chi connectivity index (χ4v) is 6.11. The number of hydrogen-bond acceptors (Lipinski definition) is 3. The molecule has 1 heterocycles. The van der Waals surface area contributed by atoms with Crippen molar-refractivity contribution in [1.29, 1.82) is 0 Å². The Morgan fingerprint density at radius 3 is 1.94 bits per heavy atom. The molecule has 1 N–H and O–H groups in total. The average Bonchev–Trinajstić information content (AvgIpc) is 2.80. The first-order chi connectivity index (χ1) is 15.5. The lowest BCUT2D eigenvalue weighted by Crippen LogP contribution is -2.64. The molecule has 3 heteroatoms. The van der Waals surface area contributed by atoms with E-state index in [4.69, 9.17) is 0 Å². The van der Waals surface area contributed by atoms with E-state index in [9.17, 15) is 5.11 Å². The Morgan fingerprint density at radius 1 is 0.781 bits per heavy atom. The van der Waals surface area contributed by atoms with Crippen molar-refractivity contribution in [2.75, 3.05) is 26.2 Å². The predicted molar refractivity (Wildman–Crippen MR) is 142 cm³/mol. The Morgan fingerprint density at radius 2 is 1.34 bits per heavy atom. The van der Waals surface area contributed by atoms with Crippen molar-refractivity contribution >= 4 is 0 Å². The molecule has 0 aromatic carbocycles. The third-order valence-electron chi connectivity index (χ3n) is 8.30. The molecule has 4 unspecified atom stereocenters. The Balaban J connectivity index is 2.90. The van der Waals surface area contributed by atoms with Crippen LogP contribution in [0, 0.1) is 5.92 Å². The number of rotatable bonds is 19. The average molecular weight is 453 g/mol. The predicted octanol–water partition coefficient (Wildman–Crippen LogP) is 7.66. The number of aliphatic hydroxyl groups is 1. The zero-order valence-corrected chi connectivity index (χ0v) is 23.0. The second-order valence-corrected chi connectivity index (χ2v) is 11.1. The van der Waals surface area contributed by atoms with Crippen LogP contribution in [0.4, 0.5) is 0 Å². The third kappa shape index (κ3) is 10.0. The van der Waals surface area contributed by atoms with Crippen LogP contribution in [-0.4, -0.2) is 58.8 Å². The highest BCUT2D eigenvalue weighted by atomic mass is 16.3. The van der Waals surface area contributed by atoms with E-state index in [1.807, 2.05) is 0 Å². The van der Waals surface area contributed by atoms with Crippen LogP contribution >= 0.6 is 0 Å². The monoisotopic (exact) mass is 452 g/mol. The van der Waals surface area contributed by atoms with Crippen molar-refractivity contribution in [3.8, 4) is 0 Å². The number of aliphatic hydroxyl groups excluding tert-OH is 1. The first kappa shape index (κ1) is 29.9. The first-order valence-electron chi connectivity index (χ1n) is 14.6. The maximum atomic E-state index is 10.5. The summed E-state index contributed by atoms with van der Waals surface area (Å²) in [5.74, 6) is 0.764. The van der Waals surface area contributed by atoms with Crippen molar-refractivity contribution in [2.45, 2.75) is 155 Å². The Labute approximate surface area is 202 Å². The van der Waals surface area contributed by atoms with Gasteiger partial charge in [-0.2, -0.15) is 0 Å². The first-order valence-corrected chi connectivity index (χ1v) is 14.6. The number of hydrogen-bond donors (Lipinski definition) is 1. The van der Waals surface area contributed by atoms with Crippen molar-refractivity contribution < 1.29 is 5.11 Å². The molecule has 3 nitrogen and oxygen atoms in total. The number of piperazine rings is 1. The summed E-state index contributed by atoms with van der Waals surface area (Å²) in [4.78, 5) is 5.52. The fraction of sp³-hybridized carbons (Fsp3) is 1.00. The highest BCUT2D eigenvalue weighted by Crippen LogP contribution is 2.34. The van der Waals surface area contributed by atoms with Crippen LogP contribution in [0.1, 0.15) is 138 Å². The van der Waals surface area contributed by atoms with E-state index in [0.29, 0.717) is 18.7 Å². The summed E-state index contributed by atoms with van der Waals surface area (Å²) in [7, 11) is 0. The molecule has 4 atom stereocenters. The van der Waals surface area contributed by atoms with Crippen LogP contribution in [0.15, 0.2) is 0 Å². The van der Waals surface area contributed by atoms with Gasteiger partial charge in [0, 0.05) is 37.3 Å². The van der Waals surface area contributed by atoms with Crippen molar-refractivity contribution in [3.63, 3.8) is 0 Å². The van der Waals surface area contributed by atoms with Gasteiger partial charge in [-0.25, -0.2) is 0 Å². The van der Waals surface area contributed by atoms with Gasteiger partial charge in [0.15, 0.2) is 0 Å². The van der Waals surface area contributed by atoms with Gasteiger partial charge in [0.1, 0.15) is 0 Å². The molecular weight excluding hydrogens is 392 g/mol. The van der Waals surface area contributed by atoms with Gasteiger partial charge in [-0.1, -0.05) is 105 Å². The van der Waals surface area contributed by atoms with Gasteiger partial charge in [0.2, 0.25) is 0 Å². The van der Waals surface area contributed by atoms with Gasteiger partial charge in [-0.3, -0.25) is 9.80 Å². The van der Waals surface area contributed by atoms with Gasteiger partial charge >= 0.3 is 0 Å². The van der Waals surface area contributed by atoms with Gasteiger partial charge in [-0.15, -0.1) is 0 Å². The minimum Gasteiger partial charge on any atom is -0.395 e. The molecule has 1 aliphatic rings. The summed E-state index contributed by atoms with van der Waals surface area (Å²) in [5, 5.41) is 10.5. The lowest BCUT2D eigenvalue weighted by atomic mass is 9.84. The van der Waals surface area contributed by atoms with Crippen molar-refractivity contribution in [3.05, 3.63) is 0 Å². The number of nitrogens with zero attached hydrogens (tertiary/aromatic N) is 2. The SMILES string of the molecule is CCCCCC(C)C(CCCCC)N1CCN(C(C)(CCCC)CCCCC)C(CO)C1. The maximum absolute atomic E-state index is 10.5. The van der Waals surface area contributed by atoms with Crippen molar-refractivity contribution in [2.24, 2.45) is 5.92 Å². The third-order valence-corrected chi connectivity index (χ3v) is 8.30. The smallest absolute Gasteiger partial charge is 0.0599 e. The quantitative estimate of drug-likeness (QED) is 0.204. The summed E-state index contributed by atoms with van der Waals surface area (Å²) in [5.41, 5.74) is 0.245. The molecule has 1 rings (SSSR count). The molecule has 0 aromatic heterocycles. The standard InChI is InChI=1S/C29H60N2O/c1-7-11-15-18-26(5)28(19-16-12-8-2)30-22-23-31(27(24-30)25-32)29(6,20-14-10-4)21-17-13-9-3/h26-28,32H,7-25H2,1-6H3. The molecular formula is C29H60N2O. The molecule has 0 bridgehead atoms. The van der Waals surface area contributed by atoms with Crippen LogP contribution in [0.2, 0.25) is 0 Å². The highest BCUT2D eigenvalue weighted by Gasteiger charge is 2.40. The topological polar surface area (TPSA) is 26.7 Å². The zero-order chi connectivity index (χ0) is 23.8. The number of unbranched alkanes of at least 4 members (excludes halogenated alkanes) is 7. The molecule has 0 radical (unpaired) electrons. The van der Waals surface area contributed by atoms with E-state index in [-0.39, 0.29) is 5.54 Å². The van der Waals surface area contributed by atoms with Crippen LogP contribution in [0.3, 0.4) is 0 Å². The van der Waals surface area contributed by atoms with Crippen LogP contribution in [-0.2, 0) is 0 Å². The maximum Gasteiger partial charge on any atom is 0.0599 e. The minimum absolute atomic E-state index is 0.245. The van der Waals surface area contributed by atoms with E-state index < -0.39 is 0 Å².